The second-order valence-electron chi connectivity index (χ2n) is 6.13. The summed E-state index contributed by atoms with van der Waals surface area (Å²) in [6.07, 6.45) is 0.688. The van der Waals surface area contributed by atoms with Crippen molar-refractivity contribution in [2.75, 3.05) is 26.3 Å². The lowest BCUT2D eigenvalue weighted by molar-refractivity contribution is -0.0186. The molecular formula is C16H25FN2O. The zero-order chi connectivity index (χ0) is 14.8. The van der Waals surface area contributed by atoms with Gasteiger partial charge in [0.05, 0.1) is 13.2 Å². The summed E-state index contributed by atoms with van der Waals surface area (Å²) in [4.78, 5) is 2.37. The fraction of sp³-hybridized carbons (Fsp3) is 0.625. The van der Waals surface area contributed by atoms with Crippen LogP contribution in [0.2, 0.25) is 0 Å². The van der Waals surface area contributed by atoms with Gasteiger partial charge in [-0.3, -0.25) is 4.90 Å². The average Bonchev–Trinajstić information content (AvgIpc) is 2.43. The molecule has 112 valence electrons. The first-order valence-electron chi connectivity index (χ1n) is 7.24. The van der Waals surface area contributed by atoms with E-state index in [4.69, 9.17) is 10.5 Å². The van der Waals surface area contributed by atoms with Gasteiger partial charge in [-0.1, -0.05) is 6.07 Å². The molecule has 3 nitrogen and oxygen atoms in total. The number of hydrogen-bond acceptors (Lipinski definition) is 3. The molecule has 0 saturated carbocycles. The molecule has 1 aliphatic heterocycles. The van der Waals surface area contributed by atoms with Crippen LogP contribution < -0.4 is 5.73 Å². The number of halogens is 1. The molecular weight excluding hydrogens is 255 g/mol. The van der Waals surface area contributed by atoms with E-state index >= 15 is 0 Å². The van der Waals surface area contributed by atoms with Gasteiger partial charge in [0.15, 0.2) is 0 Å². The molecule has 0 amide bonds. The van der Waals surface area contributed by atoms with E-state index in [9.17, 15) is 4.39 Å². The summed E-state index contributed by atoms with van der Waals surface area (Å²) in [7, 11) is 0. The minimum absolute atomic E-state index is 0.0406. The number of aryl methyl sites for hydroxylation is 1. The lowest BCUT2D eigenvalue weighted by Gasteiger charge is -2.44. The maximum atomic E-state index is 13.4. The predicted molar refractivity (Wildman–Crippen MR) is 79.3 cm³/mol. The van der Waals surface area contributed by atoms with E-state index < -0.39 is 0 Å². The highest BCUT2D eigenvalue weighted by Gasteiger charge is 2.34. The first-order chi connectivity index (χ1) is 9.41. The van der Waals surface area contributed by atoms with E-state index in [0.29, 0.717) is 6.42 Å². The highest BCUT2D eigenvalue weighted by molar-refractivity contribution is 5.28. The Hall–Kier alpha value is -0.970. The Balaban J connectivity index is 2.09. The van der Waals surface area contributed by atoms with E-state index in [1.54, 1.807) is 6.07 Å². The molecule has 1 atom stereocenters. The van der Waals surface area contributed by atoms with Crippen molar-refractivity contribution in [1.82, 2.24) is 4.90 Å². The monoisotopic (exact) mass is 280 g/mol. The normalized spacial score (nSPS) is 19.1. The molecule has 1 aromatic rings. The Morgan fingerprint density at radius 1 is 1.35 bits per heavy atom. The molecule has 0 aromatic heterocycles. The van der Waals surface area contributed by atoms with Crippen molar-refractivity contribution in [2.24, 2.45) is 5.73 Å². The second-order valence-corrected chi connectivity index (χ2v) is 6.13. The van der Waals surface area contributed by atoms with E-state index in [-0.39, 0.29) is 17.4 Å². The quantitative estimate of drug-likeness (QED) is 0.918. The molecule has 1 saturated heterocycles. The summed E-state index contributed by atoms with van der Waals surface area (Å²) in [6, 6.07) is 4.88. The standard InChI is InChI=1S/C16H25FN2O/c1-12-4-5-14(17)10-13(12)11-15(18)16(2,3)19-6-8-20-9-7-19/h4-5,10,15H,6-9,11,18H2,1-3H3. The molecule has 0 radical (unpaired) electrons. The van der Waals surface area contributed by atoms with Gasteiger partial charge < -0.3 is 10.5 Å². The maximum Gasteiger partial charge on any atom is 0.123 e. The first kappa shape index (κ1) is 15.4. The van der Waals surface area contributed by atoms with Crippen LogP contribution in [0.15, 0.2) is 18.2 Å². The van der Waals surface area contributed by atoms with E-state index in [1.165, 1.54) is 6.07 Å². The van der Waals surface area contributed by atoms with Gasteiger partial charge in [-0.15, -0.1) is 0 Å². The number of nitrogens with two attached hydrogens (primary N) is 1. The van der Waals surface area contributed by atoms with Gasteiger partial charge in [-0.05, 0) is 50.5 Å². The second kappa shape index (κ2) is 6.20. The number of rotatable bonds is 4. The van der Waals surface area contributed by atoms with Gasteiger partial charge in [0.2, 0.25) is 0 Å². The van der Waals surface area contributed by atoms with Crippen molar-refractivity contribution in [3.8, 4) is 0 Å². The fourth-order valence-electron chi connectivity index (χ4n) is 2.72. The number of morpholine rings is 1. The van der Waals surface area contributed by atoms with Crippen LogP contribution in [0.1, 0.15) is 25.0 Å². The van der Waals surface area contributed by atoms with Gasteiger partial charge in [0, 0.05) is 24.7 Å². The Kier molecular flexibility index (Phi) is 4.78. The van der Waals surface area contributed by atoms with Crippen molar-refractivity contribution in [1.29, 1.82) is 0 Å². The van der Waals surface area contributed by atoms with Crippen molar-refractivity contribution < 1.29 is 9.13 Å². The number of benzene rings is 1. The average molecular weight is 280 g/mol. The summed E-state index contributed by atoms with van der Waals surface area (Å²) in [5, 5.41) is 0. The van der Waals surface area contributed by atoms with Crippen LogP contribution in [0.5, 0.6) is 0 Å². The van der Waals surface area contributed by atoms with Crippen LogP contribution in [-0.4, -0.2) is 42.8 Å². The molecule has 2 N–H and O–H groups in total. The summed E-state index contributed by atoms with van der Waals surface area (Å²) in [5.74, 6) is -0.193. The van der Waals surface area contributed by atoms with Crippen LogP contribution in [0.3, 0.4) is 0 Å². The molecule has 1 aromatic carbocycles. The SMILES string of the molecule is Cc1ccc(F)cc1CC(N)C(C)(C)N1CCOCC1. The van der Waals surface area contributed by atoms with Gasteiger partial charge in [-0.2, -0.15) is 0 Å². The fourth-order valence-corrected chi connectivity index (χ4v) is 2.72. The third kappa shape index (κ3) is 3.37. The molecule has 2 rings (SSSR count). The topological polar surface area (TPSA) is 38.5 Å². The Morgan fingerprint density at radius 2 is 2.00 bits per heavy atom. The molecule has 0 aliphatic carbocycles. The summed E-state index contributed by atoms with van der Waals surface area (Å²) in [5.41, 5.74) is 8.40. The predicted octanol–water partition coefficient (Wildman–Crippen LogP) is 2.11. The largest absolute Gasteiger partial charge is 0.379 e. The van der Waals surface area contributed by atoms with Gasteiger partial charge in [-0.25, -0.2) is 4.39 Å². The third-order valence-corrected chi connectivity index (χ3v) is 4.48. The lowest BCUT2D eigenvalue weighted by atomic mass is 9.87. The van der Waals surface area contributed by atoms with Crippen molar-refractivity contribution >= 4 is 0 Å². The van der Waals surface area contributed by atoms with Gasteiger partial charge in [0.25, 0.3) is 0 Å². The lowest BCUT2D eigenvalue weighted by Crippen LogP contribution is -2.59. The minimum atomic E-state index is -0.193. The van der Waals surface area contributed by atoms with E-state index in [2.05, 4.69) is 18.7 Å². The van der Waals surface area contributed by atoms with Crippen molar-refractivity contribution in [3.63, 3.8) is 0 Å². The maximum absolute atomic E-state index is 13.4. The molecule has 1 heterocycles. The number of ether oxygens (including phenoxy) is 1. The summed E-state index contributed by atoms with van der Waals surface area (Å²) < 4.78 is 18.8. The molecule has 0 spiro atoms. The molecule has 4 heteroatoms. The Bertz CT molecular complexity index is 456. The first-order valence-corrected chi connectivity index (χ1v) is 7.24. The summed E-state index contributed by atoms with van der Waals surface area (Å²) in [6.45, 7) is 9.66. The van der Waals surface area contributed by atoms with Crippen LogP contribution in [-0.2, 0) is 11.2 Å². The zero-order valence-electron chi connectivity index (χ0n) is 12.7. The van der Waals surface area contributed by atoms with Crippen LogP contribution in [0, 0.1) is 12.7 Å². The zero-order valence-corrected chi connectivity index (χ0v) is 12.7. The molecule has 1 fully saturated rings. The van der Waals surface area contributed by atoms with Crippen molar-refractivity contribution in [2.45, 2.75) is 38.8 Å². The molecule has 1 aliphatic rings. The van der Waals surface area contributed by atoms with Crippen LogP contribution >= 0.6 is 0 Å². The van der Waals surface area contributed by atoms with Crippen molar-refractivity contribution in [3.05, 3.63) is 35.1 Å². The van der Waals surface area contributed by atoms with E-state index in [0.717, 1.165) is 37.4 Å². The molecule has 1 unspecified atom stereocenters. The summed E-state index contributed by atoms with van der Waals surface area (Å²) >= 11 is 0. The Morgan fingerprint density at radius 3 is 2.65 bits per heavy atom. The van der Waals surface area contributed by atoms with Crippen LogP contribution in [0.25, 0.3) is 0 Å². The number of hydrogen-bond donors (Lipinski definition) is 1. The minimum Gasteiger partial charge on any atom is -0.379 e. The van der Waals surface area contributed by atoms with Gasteiger partial charge in [0.1, 0.15) is 5.82 Å². The Labute approximate surface area is 120 Å². The highest BCUT2D eigenvalue weighted by atomic mass is 19.1. The van der Waals surface area contributed by atoms with Gasteiger partial charge >= 0.3 is 0 Å². The molecule has 0 bridgehead atoms. The third-order valence-electron chi connectivity index (χ3n) is 4.48. The number of nitrogens with zero attached hydrogens (tertiary/aromatic N) is 1. The highest BCUT2D eigenvalue weighted by Crippen LogP contribution is 2.23. The molecule has 20 heavy (non-hydrogen) atoms. The van der Waals surface area contributed by atoms with Crippen LogP contribution in [0.4, 0.5) is 4.39 Å². The smallest absolute Gasteiger partial charge is 0.123 e. The van der Waals surface area contributed by atoms with E-state index in [1.807, 2.05) is 13.0 Å².